The average Bonchev–Trinajstić information content (AvgIpc) is 3.01. The lowest BCUT2D eigenvalue weighted by Gasteiger charge is -2.09. The Morgan fingerprint density at radius 1 is 1.22 bits per heavy atom. The quantitative estimate of drug-likeness (QED) is 0.892. The molecule has 1 aromatic heterocycles. The normalized spacial score (nSPS) is 16.1. The van der Waals surface area contributed by atoms with Crippen molar-refractivity contribution in [2.75, 3.05) is 0 Å². The minimum absolute atomic E-state index is 0.153. The predicted molar refractivity (Wildman–Crippen MR) is 97.5 cm³/mol. The van der Waals surface area contributed by atoms with E-state index >= 15 is 0 Å². The molecule has 0 spiro atoms. The minimum atomic E-state index is 0.153. The zero-order valence-corrected chi connectivity index (χ0v) is 14.6. The van der Waals surface area contributed by atoms with Crippen LogP contribution in [0.15, 0.2) is 34.3 Å². The first-order chi connectivity index (χ1) is 11.0. The van der Waals surface area contributed by atoms with Crippen molar-refractivity contribution >= 4 is 34.9 Å². The summed E-state index contributed by atoms with van der Waals surface area (Å²) in [6.07, 6.45) is 3.84. The maximum absolute atomic E-state index is 10.6. The summed E-state index contributed by atoms with van der Waals surface area (Å²) in [4.78, 5) is 10.7. The number of rotatable bonds is 3. The molecule has 120 valence electrons. The Morgan fingerprint density at radius 3 is 2.65 bits per heavy atom. The number of allylic oxidation sites excluding steroid dienone is 1. The molecule has 0 unspecified atom stereocenters. The lowest BCUT2D eigenvalue weighted by atomic mass is 10.1. The average molecular weight is 327 g/mol. The number of hydrogen-bond acceptors (Lipinski definition) is 4. The number of para-hydroxylation sites is 1. The topological polar surface area (TPSA) is 49.9 Å². The Labute approximate surface area is 140 Å². The van der Waals surface area contributed by atoms with Crippen molar-refractivity contribution in [1.29, 1.82) is 0 Å². The molecule has 23 heavy (non-hydrogen) atoms. The lowest BCUT2D eigenvalue weighted by Crippen LogP contribution is -2.18. The van der Waals surface area contributed by atoms with E-state index in [2.05, 4.69) is 29.9 Å². The maximum Gasteiger partial charge on any atom is 0.211 e. The van der Waals surface area contributed by atoms with E-state index < -0.39 is 0 Å². The first-order valence-electron chi connectivity index (χ1n) is 7.80. The van der Waals surface area contributed by atoms with E-state index in [0.29, 0.717) is 0 Å². The molecule has 0 aliphatic carbocycles. The smallest absolute Gasteiger partial charge is 0.211 e. The van der Waals surface area contributed by atoms with Crippen LogP contribution in [0.25, 0.3) is 11.6 Å². The van der Waals surface area contributed by atoms with Gasteiger partial charge in [0, 0.05) is 29.4 Å². The number of aliphatic imine (C=N–C) groups is 1. The van der Waals surface area contributed by atoms with E-state index in [-0.39, 0.29) is 18.0 Å². The van der Waals surface area contributed by atoms with Crippen molar-refractivity contribution in [3.8, 4) is 5.88 Å². The molecule has 1 aliphatic rings. The van der Waals surface area contributed by atoms with Crippen LogP contribution in [0.5, 0.6) is 5.88 Å². The number of hydrogen-bond donors (Lipinski definition) is 1. The third-order valence-electron chi connectivity index (χ3n) is 3.59. The molecule has 0 atom stereocenters. The van der Waals surface area contributed by atoms with Crippen LogP contribution in [0, 0.1) is 0 Å². The molecule has 3 rings (SSSR count). The fourth-order valence-corrected chi connectivity index (χ4v) is 3.80. The van der Waals surface area contributed by atoms with Gasteiger partial charge >= 0.3 is 0 Å². The Bertz CT molecular complexity index is 853. The van der Waals surface area contributed by atoms with Gasteiger partial charge < -0.3 is 5.11 Å². The molecule has 0 fully saturated rings. The highest BCUT2D eigenvalue weighted by atomic mass is 32.1. The van der Waals surface area contributed by atoms with Crippen molar-refractivity contribution < 1.29 is 5.11 Å². The van der Waals surface area contributed by atoms with Gasteiger partial charge in [-0.3, -0.25) is 14.6 Å². The summed E-state index contributed by atoms with van der Waals surface area (Å²) in [6.45, 7) is 8.18. The SMILES string of the molecule is CC(C)N=c1sc(C=C2C=Nc3ccccc32)c(O)n1C(C)C. The van der Waals surface area contributed by atoms with Gasteiger partial charge in [0.2, 0.25) is 5.88 Å². The summed E-state index contributed by atoms with van der Waals surface area (Å²) >= 11 is 1.51. The van der Waals surface area contributed by atoms with Crippen molar-refractivity contribution in [3.05, 3.63) is 39.5 Å². The molecule has 2 aromatic rings. The van der Waals surface area contributed by atoms with Crippen molar-refractivity contribution in [1.82, 2.24) is 4.57 Å². The molecule has 0 saturated carbocycles. The van der Waals surface area contributed by atoms with E-state index in [1.165, 1.54) is 11.3 Å². The summed E-state index contributed by atoms with van der Waals surface area (Å²) in [5.74, 6) is 0.273. The molecule has 1 aliphatic heterocycles. The van der Waals surface area contributed by atoms with E-state index in [9.17, 15) is 5.11 Å². The van der Waals surface area contributed by atoms with Crippen LogP contribution >= 0.6 is 11.3 Å². The van der Waals surface area contributed by atoms with Gasteiger partial charge in [-0.15, -0.1) is 0 Å². The highest BCUT2D eigenvalue weighted by Gasteiger charge is 2.17. The molecule has 0 bridgehead atoms. The van der Waals surface area contributed by atoms with E-state index in [1.807, 2.05) is 48.9 Å². The van der Waals surface area contributed by atoms with Gasteiger partial charge in [-0.1, -0.05) is 29.5 Å². The zero-order chi connectivity index (χ0) is 16.6. The van der Waals surface area contributed by atoms with Gasteiger partial charge in [-0.05, 0) is 39.8 Å². The highest BCUT2D eigenvalue weighted by Crippen LogP contribution is 2.34. The van der Waals surface area contributed by atoms with Crippen molar-refractivity contribution in [2.24, 2.45) is 9.98 Å². The van der Waals surface area contributed by atoms with Crippen molar-refractivity contribution in [3.63, 3.8) is 0 Å². The van der Waals surface area contributed by atoms with Crippen LogP contribution in [0.2, 0.25) is 0 Å². The molecule has 0 amide bonds. The van der Waals surface area contributed by atoms with E-state index in [0.717, 1.165) is 26.5 Å². The Balaban J connectivity index is 2.13. The number of aromatic hydroxyl groups is 1. The predicted octanol–water partition coefficient (Wildman–Crippen LogP) is 4.40. The fraction of sp³-hybridized carbons (Fsp3) is 0.333. The fourth-order valence-electron chi connectivity index (χ4n) is 2.57. The second-order valence-corrected chi connectivity index (χ2v) is 7.14. The molecule has 1 N–H and O–H groups in total. The first-order valence-corrected chi connectivity index (χ1v) is 8.62. The maximum atomic E-state index is 10.6. The lowest BCUT2D eigenvalue weighted by molar-refractivity contribution is 0.392. The molecule has 0 saturated heterocycles. The van der Waals surface area contributed by atoms with Crippen LogP contribution < -0.4 is 4.80 Å². The number of fused-ring (bicyclic) bond motifs is 1. The van der Waals surface area contributed by atoms with E-state index in [1.54, 1.807) is 0 Å². The summed E-state index contributed by atoms with van der Waals surface area (Å²) in [6, 6.07) is 8.37. The third-order valence-corrected chi connectivity index (χ3v) is 4.59. The second kappa shape index (κ2) is 6.16. The van der Waals surface area contributed by atoms with Gasteiger partial charge in [0.1, 0.15) is 0 Å². The zero-order valence-electron chi connectivity index (χ0n) is 13.8. The Kier molecular flexibility index (Phi) is 4.22. The van der Waals surface area contributed by atoms with E-state index in [4.69, 9.17) is 0 Å². The number of thiazole rings is 1. The van der Waals surface area contributed by atoms with Crippen LogP contribution in [-0.2, 0) is 0 Å². The van der Waals surface area contributed by atoms with Crippen molar-refractivity contribution in [2.45, 2.75) is 39.8 Å². The standard InChI is InChI=1S/C18H21N3OS/c1-11(2)20-18-21(12(3)4)17(22)16(23-18)9-13-10-19-15-8-6-5-7-14(13)15/h5-12,22H,1-4H3. The Morgan fingerprint density at radius 2 is 1.96 bits per heavy atom. The molecular weight excluding hydrogens is 306 g/mol. The van der Waals surface area contributed by atoms with Crippen LogP contribution in [0.3, 0.4) is 0 Å². The first kappa shape index (κ1) is 15.7. The molecule has 2 heterocycles. The highest BCUT2D eigenvalue weighted by molar-refractivity contribution is 7.10. The summed E-state index contributed by atoms with van der Waals surface area (Å²) in [7, 11) is 0. The van der Waals surface area contributed by atoms with Gasteiger partial charge in [0.25, 0.3) is 0 Å². The third kappa shape index (κ3) is 3.01. The molecule has 5 heteroatoms. The number of benzene rings is 1. The van der Waals surface area contributed by atoms with Crippen LogP contribution in [0.4, 0.5) is 5.69 Å². The van der Waals surface area contributed by atoms with Gasteiger partial charge in [-0.2, -0.15) is 0 Å². The summed E-state index contributed by atoms with van der Waals surface area (Å²) in [5, 5.41) is 10.6. The van der Waals surface area contributed by atoms with Crippen LogP contribution in [0.1, 0.15) is 44.2 Å². The van der Waals surface area contributed by atoms with Gasteiger partial charge in [0.05, 0.1) is 10.6 Å². The molecular formula is C18H21N3OS. The molecule has 4 nitrogen and oxygen atoms in total. The molecule has 1 aromatic carbocycles. The largest absolute Gasteiger partial charge is 0.493 e. The van der Waals surface area contributed by atoms with Crippen LogP contribution in [-0.4, -0.2) is 21.9 Å². The number of nitrogens with zero attached hydrogens (tertiary/aromatic N) is 3. The minimum Gasteiger partial charge on any atom is -0.493 e. The van der Waals surface area contributed by atoms with Gasteiger partial charge in [-0.25, -0.2) is 0 Å². The summed E-state index contributed by atoms with van der Waals surface area (Å²) in [5.41, 5.74) is 3.08. The monoisotopic (exact) mass is 327 g/mol. The second-order valence-electron chi connectivity index (χ2n) is 6.13. The Hall–Kier alpha value is -2.14. The van der Waals surface area contributed by atoms with Gasteiger partial charge in [0.15, 0.2) is 4.80 Å². The molecule has 0 radical (unpaired) electrons. The summed E-state index contributed by atoms with van der Waals surface area (Å²) < 4.78 is 1.88. The number of aromatic nitrogens is 1.